The van der Waals surface area contributed by atoms with Gasteiger partial charge in [0.2, 0.25) is 5.82 Å². The summed E-state index contributed by atoms with van der Waals surface area (Å²) in [5, 5.41) is 4.18. The summed E-state index contributed by atoms with van der Waals surface area (Å²) < 4.78 is 7.12. The first-order valence-corrected chi connectivity index (χ1v) is 14.7. The van der Waals surface area contributed by atoms with Crippen molar-refractivity contribution in [3.8, 4) is 16.8 Å². The Morgan fingerprint density at radius 1 is 0.886 bits per heavy atom. The Morgan fingerprint density at radius 3 is 1.98 bits per heavy atom. The molecule has 228 valence electrons. The zero-order valence-corrected chi connectivity index (χ0v) is 25.8. The van der Waals surface area contributed by atoms with E-state index < -0.39 is 11.5 Å². The molecule has 1 aliphatic rings. The van der Waals surface area contributed by atoms with E-state index in [1.54, 1.807) is 21.4 Å². The number of rotatable bonds is 6. The molecule has 0 spiro atoms. The fourth-order valence-corrected chi connectivity index (χ4v) is 5.27. The SMILES string of the molecule is Cc1nc(C(N)=O)nn1-c1ccc(Cc2ccc(-c3ccc(C(=O)N4CCN(C(=O)OC(C)(C)C)[C@@H](C)C4)cc3)cc2)cc1. The highest BCUT2D eigenvalue weighted by atomic mass is 16.6. The van der Waals surface area contributed by atoms with Crippen molar-refractivity contribution in [2.45, 2.75) is 52.7 Å². The Labute approximate surface area is 257 Å². The van der Waals surface area contributed by atoms with Gasteiger partial charge in [0.05, 0.1) is 5.69 Å². The molecule has 0 unspecified atom stereocenters. The number of aromatic nitrogens is 3. The van der Waals surface area contributed by atoms with Crippen molar-refractivity contribution >= 4 is 17.9 Å². The zero-order chi connectivity index (χ0) is 31.6. The molecule has 4 aromatic rings. The molecule has 0 radical (unpaired) electrons. The van der Waals surface area contributed by atoms with Crippen molar-refractivity contribution in [1.82, 2.24) is 24.6 Å². The number of nitrogens with zero attached hydrogens (tertiary/aromatic N) is 5. The molecule has 0 saturated carbocycles. The normalized spacial score (nSPS) is 15.2. The largest absolute Gasteiger partial charge is 0.444 e. The molecule has 10 nitrogen and oxygen atoms in total. The number of hydrogen-bond acceptors (Lipinski definition) is 6. The highest BCUT2D eigenvalue weighted by molar-refractivity contribution is 5.95. The number of carbonyl (C=O) groups is 3. The summed E-state index contributed by atoms with van der Waals surface area (Å²) in [6.45, 7) is 10.6. The monoisotopic (exact) mass is 594 g/mol. The van der Waals surface area contributed by atoms with Gasteiger partial charge in [-0.25, -0.2) is 14.5 Å². The summed E-state index contributed by atoms with van der Waals surface area (Å²) >= 11 is 0. The van der Waals surface area contributed by atoms with Crippen molar-refractivity contribution in [2.24, 2.45) is 5.73 Å². The highest BCUT2D eigenvalue weighted by Crippen LogP contribution is 2.23. The second-order valence-corrected chi connectivity index (χ2v) is 12.2. The minimum atomic E-state index is -0.655. The number of ether oxygens (including phenoxy) is 1. The maximum atomic E-state index is 13.2. The van der Waals surface area contributed by atoms with Crippen LogP contribution in [-0.4, -0.2) is 73.7 Å². The molecule has 1 atom stereocenters. The molecular weight excluding hydrogens is 556 g/mol. The van der Waals surface area contributed by atoms with Crippen molar-refractivity contribution in [2.75, 3.05) is 19.6 Å². The summed E-state index contributed by atoms with van der Waals surface area (Å²) in [7, 11) is 0. The molecule has 2 N–H and O–H groups in total. The standard InChI is InChI=1S/C34H38N6O4/c1-22-21-38(18-19-39(22)33(43)44-34(3,4)5)32(42)28-14-12-27(13-15-28)26-10-6-24(7-11-26)20-25-8-16-29(17-9-25)40-23(2)36-31(37-40)30(35)41/h6-17,22H,18-21H2,1-5H3,(H2,35,41)/t22-/m0/s1. The van der Waals surface area contributed by atoms with Gasteiger partial charge < -0.3 is 20.3 Å². The van der Waals surface area contributed by atoms with Crippen molar-refractivity contribution in [3.05, 3.63) is 101 Å². The molecule has 0 aliphatic carbocycles. The molecule has 3 aromatic carbocycles. The van der Waals surface area contributed by atoms with E-state index in [0.29, 0.717) is 31.0 Å². The summed E-state index contributed by atoms with van der Waals surface area (Å²) in [4.78, 5) is 44.7. The zero-order valence-electron chi connectivity index (χ0n) is 25.8. The lowest BCUT2D eigenvalue weighted by molar-refractivity contribution is 0.00198. The molecule has 1 aromatic heterocycles. The van der Waals surface area contributed by atoms with Gasteiger partial charge in [0.1, 0.15) is 11.4 Å². The number of primary amides is 1. The molecule has 0 bridgehead atoms. The fourth-order valence-electron chi connectivity index (χ4n) is 5.27. The lowest BCUT2D eigenvalue weighted by atomic mass is 9.99. The molecule has 2 heterocycles. The van der Waals surface area contributed by atoms with Crippen molar-refractivity contribution < 1.29 is 19.1 Å². The summed E-state index contributed by atoms with van der Waals surface area (Å²) in [6.07, 6.45) is 0.418. The second kappa shape index (κ2) is 12.3. The van der Waals surface area contributed by atoms with E-state index in [2.05, 4.69) is 34.3 Å². The topological polar surface area (TPSA) is 124 Å². The number of piperazine rings is 1. The summed E-state index contributed by atoms with van der Waals surface area (Å²) in [5.74, 6) is -0.107. The molecular formula is C34H38N6O4. The fraction of sp³-hybridized carbons (Fsp3) is 0.324. The lowest BCUT2D eigenvalue weighted by Gasteiger charge is -2.40. The van der Waals surface area contributed by atoms with Gasteiger partial charge in [0.25, 0.3) is 11.8 Å². The van der Waals surface area contributed by atoms with Crippen molar-refractivity contribution in [3.63, 3.8) is 0 Å². The van der Waals surface area contributed by atoms with E-state index in [0.717, 1.165) is 28.8 Å². The quantitative estimate of drug-likeness (QED) is 0.335. The van der Waals surface area contributed by atoms with Gasteiger partial charge in [-0.05, 0) is 87.6 Å². The van der Waals surface area contributed by atoms with Crippen LogP contribution in [0.3, 0.4) is 0 Å². The highest BCUT2D eigenvalue weighted by Gasteiger charge is 2.32. The van der Waals surface area contributed by atoms with Crippen LogP contribution < -0.4 is 5.73 Å². The molecule has 1 fully saturated rings. The van der Waals surface area contributed by atoms with Crippen LogP contribution in [0.5, 0.6) is 0 Å². The van der Waals surface area contributed by atoms with Gasteiger partial charge in [-0.2, -0.15) is 0 Å². The van der Waals surface area contributed by atoms with Crippen LogP contribution in [0.25, 0.3) is 16.8 Å². The van der Waals surface area contributed by atoms with E-state index >= 15 is 0 Å². The molecule has 44 heavy (non-hydrogen) atoms. The Balaban J connectivity index is 1.18. The average molecular weight is 595 g/mol. The Kier molecular flexibility index (Phi) is 8.53. The predicted octanol–water partition coefficient (Wildman–Crippen LogP) is 5.01. The van der Waals surface area contributed by atoms with Crippen molar-refractivity contribution in [1.29, 1.82) is 0 Å². The van der Waals surface area contributed by atoms with Crippen LogP contribution in [0.4, 0.5) is 4.79 Å². The molecule has 1 aliphatic heterocycles. The van der Waals surface area contributed by atoms with Crippen LogP contribution in [-0.2, 0) is 11.2 Å². The van der Waals surface area contributed by atoms with Crippen LogP contribution >= 0.6 is 0 Å². The third-order valence-electron chi connectivity index (χ3n) is 7.54. The lowest BCUT2D eigenvalue weighted by Crippen LogP contribution is -2.56. The average Bonchev–Trinajstić information content (AvgIpc) is 3.38. The van der Waals surface area contributed by atoms with E-state index in [-0.39, 0.29) is 23.9 Å². The third-order valence-corrected chi connectivity index (χ3v) is 7.54. The molecule has 10 heteroatoms. The number of aryl methyl sites for hydroxylation is 1. The van der Waals surface area contributed by atoms with Gasteiger partial charge in [0, 0.05) is 31.2 Å². The number of benzene rings is 3. The van der Waals surface area contributed by atoms with E-state index in [9.17, 15) is 14.4 Å². The van der Waals surface area contributed by atoms with Gasteiger partial charge in [-0.3, -0.25) is 9.59 Å². The first-order chi connectivity index (χ1) is 20.9. The Hall–Kier alpha value is -4.99. The van der Waals surface area contributed by atoms with Gasteiger partial charge in [0.15, 0.2) is 0 Å². The number of hydrogen-bond donors (Lipinski definition) is 1. The van der Waals surface area contributed by atoms with Gasteiger partial charge in [-0.1, -0.05) is 48.5 Å². The summed E-state index contributed by atoms with van der Waals surface area (Å²) in [6, 6.07) is 23.9. The predicted molar refractivity (Wildman–Crippen MR) is 168 cm³/mol. The Morgan fingerprint density at radius 2 is 1.45 bits per heavy atom. The van der Waals surface area contributed by atoms with Gasteiger partial charge in [-0.15, -0.1) is 5.10 Å². The Bertz CT molecular complexity index is 1650. The van der Waals surface area contributed by atoms with Crippen LogP contribution in [0.2, 0.25) is 0 Å². The molecule has 5 rings (SSSR count). The minimum Gasteiger partial charge on any atom is -0.444 e. The van der Waals surface area contributed by atoms with E-state index in [4.69, 9.17) is 10.5 Å². The first kappa shape index (κ1) is 30.5. The third kappa shape index (κ3) is 6.96. The first-order valence-electron chi connectivity index (χ1n) is 14.7. The van der Waals surface area contributed by atoms with Crippen LogP contribution in [0.1, 0.15) is 65.6 Å². The maximum Gasteiger partial charge on any atom is 0.410 e. The van der Waals surface area contributed by atoms with Crippen LogP contribution in [0, 0.1) is 6.92 Å². The second-order valence-electron chi connectivity index (χ2n) is 12.2. The number of nitrogens with two attached hydrogens (primary N) is 1. The number of carbonyl (C=O) groups excluding carboxylic acids is 3. The molecule has 3 amide bonds. The summed E-state index contributed by atoms with van der Waals surface area (Å²) in [5.41, 5.74) is 10.6. The maximum absolute atomic E-state index is 13.2. The van der Waals surface area contributed by atoms with E-state index in [1.807, 2.05) is 76.2 Å². The molecule has 1 saturated heterocycles. The van der Waals surface area contributed by atoms with E-state index in [1.165, 1.54) is 5.56 Å². The van der Waals surface area contributed by atoms with Crippen LogP contribution in [0.15, 0.2) is 72.8 Å². The number of amides is 3. The smallest absolute Gasteiger partial charge is 0.410 e. The minimum absolute atomic E-state index is 0.00210. The van der Waals surface area contributed by atoms with Gasteiger partial charge >= 0.3 is 6.09 Å².